The molecule has 0 aliphatic carbocycles. The van der Waals surface area contributed by atoms with E-state index in [1.54, 1.807) is 13.2 Å². The number of thiazole rings is 1. The van der Waals surface area contributed by atoms with Crippen molar-refractivity contribution < 1.29 is 22.3 Å². The third-order valence-electron chi connectivity index (χ3n) is 5.33. The van der Waals surface area contributed by atoms with Gasteiger partial charge in [0.1, 0.15) is 17.1 Å². The fourth-order valence-corrected chi connectivity index (χ4v) is 4.81. The Hall–Kier alpha value is -4.34. The van der Waals surface area contributed by atoms with Crippen LogP contribution in [0.25, 0.3) is 10.2 Å². The molecule has 0 spiro atoms. The van der Waals surface area contributed by atoms with Crippen LogP contribution >= 0.6 is 35.2 Å². The van der Waals surface area contributed by atoms with Gasteiger partial charge in [0.15, 0.2) is 10.2 Å². The quantitative estimate of drug-likeness (QED) is 0.107. The van der Waals surface area contributed by atoms with Crippen molar-refractivity contribution in [1.29, 1.82) is 0 Å². The number of ether oxygens (including phenoxy) is 1. The number of para-hydroxylation sites is 1. The Bertz CT molecular complexity index is 1730. The number of fused-ring (bicyclic) bond motifs is 1. The van der Waals surface area contributed by atoms with Crippen molar-refractivity contribution in [3.63, 3.8) is 0 Å². The van der Waals surface area contributed by atoms with Crippen molar-refractivity contribution in [2.45, 2.75) is 6.18 Å². The summed E-state index contributed by atoms with van der Waals surface area (Å²) in [4.78, 5) is 17.4. The van der Waals surface area contributed by atoms with Crippen molar-refractivity contribution in [2.24, 2.45) is 0 Å². The summed E-state index contributed by atoms with van der Waals surface area (Å²) >= 11 is 12.8. The number of methoxy groups -OCH3 is 1. The maximum atomic E-state index is 13.2. The SMILES string of the molecule is COc1cccc2sc(Nc3nc(NC(=S)Nc4ccc(F)cc4)nc(Nc4ccc(C(F)(F)F)cc4Cl)n3)nc12. The molecule has 210 valence electrons. The van der Waals surface area contributed by atoms with E-state index >= 15 is 0 Å². The van der Waals surface area contributed by atoms with E-state index in [1.165, 1.54) is 35.6 Å². The van der Waals surface area contributed by atoms with Crippen molar-refractivity contribution in [2.75, 3.05) is 28.4 Å². The first kappa shape index (κ1) is 28.2. The Kier molecular flexibility index (Phi) is 8.01. The second kappa shape index (κ2) is 11.6. The summed E-state index contributed by atoms with van der Waals surface area (Å²) in [6.07, 6.45) is -4.56. The molecule has 41 heavy (non-hydrogen) atoms. The minimum atomic E-state index is -4.56. The number of thiocarbonyl (C=S) groups is 1. The summed E-state index contributed by atoms with van der Waals surface area (Å²) < 4.78 is 58.7. The molecule has 0 bridgehead atoms. The second-order valence-electron chi connectivity index (χ2n) is 8.16. The highest BCUT2D eigenvalue weighted by Gasteiger charge is 2.31. The minimum absolute atomic E-state index is 0.0219. The summed E-state index contributed by atoms with van der Waals surface area (Å²) in [5.74, 6) is 0.131. The van der Waals surface area contributed by atoms with Crippen LogP contribution in [0.2, 0.25) is 5.02 Å². The van der Waals surface area contributed by atoms with Crippen LogP contribution < -0.4 is 26.0 Å². The molecule has 2 heterocycles. The summed E-state index contributed by atoms with van der Waals surface area (Å²) in [5.41, 5.74) is 0.362. The Morgan fingerprint density at radius 1 is 0.902 bits per heavy atom. The highest BCUT2D eigenvalue weighted by molar-refractivity contribution is 7.80. The average molecular weight is 621 g/mol. The zero-order valence-corrected chi connectivity index (χ0v) is 23.1. The highest BCUT2D eigenvalue weighted by atomic mass is 35.5. The first-order valence-corrected chi connectivity index (χ1v) is 13.1. The van der Waals surface area contributed by atoms with E-state index in [1.807, 2.05) is 12.1 Å². The zero-order valence-electron chi connectivity index (χ0n) is 20.7. The Balaban J connectivity index is 1.44. The Morgan fingerprint density at radius 3 is 2.29 bits per heavy atom. The molecular formula is C25H17ClF4N8OS2. The van der Waals surface area contributed by atoms with Gasteiger partial charge >= 0.3 is 6.18 Å². The van der Waals surface area contributed by atoms with E-state index in [9.17, 15) is 17.6 Å². The lowest BCUT2D eigenvalue weighted by molar-refractivity contribution is -0.137. The maximum Gasteiger partial charge on any atom is 0.416 e. The van der Waals surface area contributed by atoms with Crippen LogP contribution in [0.4, 0.5) is 51.9 Å². The van der Waals surface area contributed by atoms with Crippen molar-refractivity contribution in [1.82, 2.24) is 19.9 Å². The molecule has 0 atom stereocenters. The number of nitrogens with one attached hydrogen (secondary N) is 4. The summed E-state index contributed by atoms with van der Waals surface area (Å²) in [5, 5.41) is 11.8. The first-order chi connectivity index (χ1) is 19.6. The molecule has 9 nitrogen and oxygen atoms in total. The molecule has 0 saturated carbocycles. The van der Waals surface area contributed by atoms with Crippen LogP contribution in [0.15, 0.2) is 60.7 Å². The van der Waals surface area contributed by atoms with Crippen molar-refractivity contribution >= 4 is 84.8 Å². The van der Waals surface area contributed by atoms with Crippen molar-refractivity contribution in [3.05, 3.63) is 77.1 Å². The number of halogens is 5. The number of rotatable bonds is 7. The third-order valence-corrected chi connectivity index (χ3v) is 6.78. The summed E-state index contributed by atoms with van der Waals surface area (Å²) in [6, 6.07) is 13.8. The number of aromatic nitrogens is 4. The molecule has 2 aromatic heterocycles. The number of anilines is 6. The monoisotopic (exact) mass is 620 g/mol. The van der Waals surface area contributed by atoms with Crippen LogP contribution in [0, 0.1) is 5.82 Å². The molecular weight excluding hydrogens is 604 g/mol. The molecule has 0 radical (unpaired) electrons. The molecule has 0 saturated heterocycles. The Labute approximate surface area is 244 Å². The van der Waals surface area contributed by atoms with Crippen LogP contribution in [0.5, 0.6) is 5.75 Å². The number of hydrogen-bond acceptors (Lipinski definition) is 9. The molecule has 5 aromatic rings. The third kappa shape index (κ3) is 6.87. The fraction of sp³-hybridized carbons (Fsp3) is 0.0800. The number of nitrogens with zero attached hydrogens (tertiary/aromatic N) is 4. The highest BCUT2D eigenvalue weighted by Crippen LogP contribution is 2.35. The zero-order chi connectivity index (χ0) is 29.1. The van der Waals surface area contributed by atoms with Gasteiger partial charge in [0.05, 0.1) is 28.1 Å². The minimum Gasteiger partial charge on any atom is -0.494 e. The molecule has 5 rings (SSSR count). The molecule has 16 heteroatoms. The topological polar surface area (TPSA) is 109 Å². The number of hydrogen-bond donors (Lipinski definition) is 4. The molecule has 0 unspecified atom stereocenters. The Morgan fingerprint density at radius 2 is 1.61 bits per heavy atom. The van der Waals surface area contributed by atoms with Crippen molar-refractivity contribution in [3.8, 4) is 5.75 Å². The van der Waals surface area contributed by atoms with Gasteiger partial charge in [0.2, 0.25) is 17.8 Å². The van der Waals surface area contributed by atoms with Gasteiger partial charge in [-0.05, 0) is 66.8 Å². The molecule has 0 fully saturated rings. The first-order valence-electron chi connectivity index (χ1n) is 11.5. The molecule has 3 aromatic carbocycles. The lowest BCUT2D eigenvalue weighted by Gasteiger charge is -2.13. The van der Waals surface area contributed by atoms with E-state index in [4.69, 9.17) is 28.6 Å². The van der Waals surface area contributed by atoms with E-state index in [-0.39, 0.29) is 33.7 Å². The van der Waals surface area contributed by atoms with E-state index in [0.29, 0.717) is 22.1 Å². The molecule has 4 N–H and O–H groups in total. The van der Waals surface area contributed by atoms with Gasteiger partial charge in [-0.25, -0.2) is 9.37 Å². The van der Waals surface area contributed by atoms with Gasteiger partial charge in [0.25, 0.3) is 0 Å². The molecule has 0 aliphatic rings. The molecule has 0 amide bonds. The predicted octanol–water partition coefficient (Wildman–Crippen LogP) is 7.60. The van der Waals surface area contributed by atoms with Crippen LogP contribution in [0.3, 0.4) is 0 Å². The van der Waals surface area contributed by atoms with Gasteiger partial charge in [-0.3, -0.25) is 5.32 Å². The largest absolute Gasteiger partial charge is 0.494 e. The summed E-state index contributed by atoms with van der Waals surface area (Å²) in [7, 11) is 1.54. The van der Waals surface area contributed by atoms with Gasteiger partial charge in [-0.1, -0.05) is 29.0 Å². The predicted molar refractivity (Wildman–Crippen MR) is 155 cm³/mol. The normalized spacial score (nSPS) is 11.3. The number of benzene rings is 3. The molecule has 0 aliphatic heterocycles. The van der Waals surface area contributed by atoms with E-state index in [0.717, 1.165) is 22.9 Å². The van der Waals surface area contributed by atoms with Crippen LogP contribution in [-0.2, 0) is 6.18 Å². The lowest BCUT2D eigenvalue weighted by Crippen LogP contribution is -2.21. The van der Waals surface area contributed by atoms with Crippen LogP contribution in [0.1, 0.15) is 5.56 Å². The smallest absolute Gasteiger partial charge is 0.416 e. The standard InChI is InChI=1S/C25H17ClF4N8OS2/c1-39-17-3-2-4-18-19(17)33-24(41-18)38-22-35-20(32-16-10-5-12(11-15(16)26)25(28,29)30)34-21(36-22)37-23(40)31-14-8-6-13(27)7-9-14/h2-11H,1H3,(H4,31,32,33,34,35,36,37,38,40). The van der Waals surface area contributed by atoms with Gasteiger partial charge in [-0.2, -0.15) is 28.1 Å². The van der Waals surface area contributed by atoms with Gasteiger partial charge in [0, 0.05) is 5.69 Å². The van der Waals surface area contributed by atoms with E-state index in [2.05, 4.69) is 41.2 Å². The van der Waals surface area contributed by atoms with Gasteiger partial charge in [-0.15, -0.1) is 0 Å². The van der Waals surface area contributed by atoms with Crippen LogP contribution in [-0.4, -0.2) is 32.2 Å². The number of alkyl halides is 3. The second-order valence-corrected chi connectivity index (χ2v) is 10.0. The summed E-state index contributed by atoms with van der Waals surface area (Å²) in [6.45, 7) is 0. The lowest BCUT2D eigenvalue weighted by atomic mass is 10.2. The van der Waals surface area contributed by atoms with Gasteiger partial charge < -0.3 is 20.7 Å². The average Bonchev–Trinajstić information content (AvgIpc) is 3.33. The maximum absolute atomic E-state index is 13.2. The van der Waals surface area contributed by atoms with E-state index < -0.39 is 17.6 Å². The fourth-order valence-electron chi connectivity index (χ4n) is 3.49.